The van der Waals surface area contributed by atoms with Crippen LogP contribution in [0.3, 0.4) is 0 Å². The summed E-state index contributed by atoms with van der Waals surface area (Å²) in [6, 6.07) is 0. The molecule has 96 valence electrons. The minimum Gasteiger partial charge on any atom is -0.389 e. The van der Waals surface area contributed by atoms with Crippen LogP contribution in [0.5, 0.6) is 0 Å². The number of aromatic nitrogens is 2. The van der Waals surface area contributed by atoms with Crippen molar-refractivity contribution in [2.75, 3.05) is 13.1 Å². The maximum atomic E-state index is 9.86. The van der Waals surface area contributed by atoms with Crippen molar-refractivity contribution in [3.63, 3.8) is 0 Å². The second-order valence-electron chi connectivity index (χ2n) is 5.66. The molecule has 1 aliphatic rings. The fraction of sp³-hybridized carbons (Fsp3) is 0.833. The monoisotopic (exact) mass is 239 g/mol. The Balaban J connectivity index is 1.89. The highest BCUT2D eigenvalue weighted by Gasteiger charge is 2.31. The summed E-state index contributed by atoms with van der Waals surface area (Å²) in [4.78, 5) is 6.52. The second kappa shape index (κ2) is 4.74. The minimum absolute atomic E-state index is 0.524. The molecule has 5 heteroatoms. The van der Waals surface area contributed by atoms with E-state index in [0.29, 0.717) is 24.9 Å². The average molecular weight is 239 g/mol. The van der Waals surface area contributed by atoms with Gasteiger partial charge in [-0.1, -0.05) is 19.0 Å². The number of hydrogen-bond acceptors (Lipinski definition) is 5. The predicted octanol–water partition coefficient (Wildman–Crippen LogP) is 1.22. The summed E-state index contributed by atoms with van der Waals surface area (Å²) in [6.45, 7) is 8.36. The van der Waals surface area contributed by atoms with Crippen molar-refractivity contribution in [2.24, 2.45) is 5.92 Å². The fourth-order valence-electron chi connectivity index (χ4n) is 2.16. The Hall–Kier alpha value is -0.940. The van der Waals surface area contributed by atoms with Crippen LogP contribution in [0.25, 0.3) is 0 Å². The van der Waals surface area contributed by atoms with Crippen LogP contribution < -0.4 is 0 Å². The SMILES string of the molecule is CC(C)Cc1nc(CN2CCC(C)(O)C2)no1. The fourth-order valence-corrected chi connectivity index (χ4v) is 2.16. The first-order valence-corrected chi connectivity index (χ1v) is 6.21. The zero-order chi connectivity index (χ0) is 12.5. The van der Waals surface area contributed by atoms with E-state index < -0.39 is 5.60 Å². The minimum atomic E-state index is -0.565. The largest absolute Gasteiger partial charge is 0.389 e. The van der Waals surface area contributed by atoms with Crippen LogP contribution in [0.4, 0.5) is 0 Å². The molecule has 1 fully saturated rings. The van der Waals surface area contributed by atoms with Crippen molar-refractivity contribution in [1.82, 2.24) is 15.0 Å². The van der Waals surface area contributed by atoms with Crippen LogP contribution in [0.2, 0.25) is 0 Å². The standard InChI is InChI=1S/C12H21N3O2/c1-9(2)6-11-13-10(14-17-11)7-15-5-4-12(3,16)8-15/h9,16H,4-8H2,1-3H3. The molecule has 1 aromatic heterocycles. The van der Waals surface area contributed by atoms with Gasteiger partial charge in [-0.05, 0) is 19.3 Å². The van der Waals surface area contributed by atoms with Gasteiger partial charge in [0.15, 0.2) is 5.82 Å². The average Bonchev–Trinajstić information content (AvgIpc) is 2.73. The van der Waals surface area contributed by atoms with E-state index in [9.17, 15) is 5.11 Å². The first-order valence-electron chi connectivity index (χ1n) is 6.21. The number of likely N-dealkylation sites (tertiary alicyclic amines) is 1. The van der Waals surface area contributed by atoms with Gasteiger partial charge in [0.1, 0.15) is 0 Å². The molecule has 0 bridgehead atoms. The lowest BCUT2D eigenvalue weighted by molar-refractivity contribution is 0.0675. The van der Waals surface area contributed by atoms with Crippen LogP contribution in [0, 0.1) is 5.92 Å². The molecule has 0 spiro atoms. The van der Waals surface area contributed by atoms with Gasteiger partial charge in [0.2, 0.25) is 5.89 Å². The van der Waals surface area contributed by atoms with Crippen LogP contribution >= 0.6 is 0 Å². The first-order chi connectivity index (χ1) is 7.94. The van der Waals surface area contributed by atoms with E-state index in [2.05, 4.69) is 28.9 Å². The predicted molar refractivity (Wildman–Crippen MR) is 63.4 cm³/mol. The normalized spacial score (nSPS) is 25.9. The number of nitrogens with zero attached hydrogens (tertiary/aromatic N) is 3. The van der Waals surface area contributed by atoms with Crippen molar-refractivity contribution in [3.8, 4) is 0 Å². The van der Waals surface area contributed by atoms with Crippen LogP contribution in [-0.2, 0) is 13.0 Å². The van der Waals surface area contributed by atoms with Gasteiger partial charge in [-0.2, -0.15) is 4.98 Å². The third-order valence-corrected chi connectivity index (χ3v) is 2.99. The molecule has 1 atom stereocenters. The van der Waals surface area contributed by atoms with E-state index in [-0.39, 0.29) is 0 Å². The van der Waals surface area contributed by atoms with Crippen molar-refractivity contribution in [1.29, 1.82) is 0 Å². The third-order valence-electron chi connectivity index (χ3n) is 2.99. The Morgan fingerprint density at radius 3 is 2.88 bits per heavy atom. The molecule has 1 saturated heterocycles. The Kier molecular flexibility index (Phi) is 3.49. The van der Waals surface area contributed by atoms with Crippen molar-refractivity contribution >= 4 is 0 Å². The van der Waals surface area contributed by atoms with E-state index in [0.717, 1.165) is 25.2 Å². The van der Waals surface area contributed by atoms with Gasteiger partial charge in [0, 0.05) is 19.5 Å². The van der Waals surface area contributed by atoms with E-state index >= 15 is 0 Å². The van der Waals surface area contributed by atoms with E-state index in [1.54, 1.807) is 0 Å². The molecule has 1 unspecified atom stereocenters. The van der Waals surface area contributed by atoms with Gasteiger partial charge < -0.3 is 9.63 Å². The molecular formula is C12H21N3O2. The second-order valence-corrected chi connectivity index (χ2v) is 5.66. The Morgan fingerprint density at radius 2 is 2.29 bits per heavy atom. The zero-order valence-corrected chi connectivity index (χ0v) is 10.8. The van der Waals surface area contributed by atoms with Crippen molar-refractivity contribution < 1.29 is 9.63 Å². The van der Waals surface area contributed by atoms with E-state index in [1.807, 2.05) is 6.92 Å². The molecule has 2 heterocycles. The molecule has 1 aromatic rings. The summed E-state index contributed by atoms with van der Waals surface area (Å²) in [5.41, 5.74) is -0.565. The molecule has 1 N–H and O–H groups in total. The molecule has 1 aliphatic heterocycles. The van der Waals surface area contributed by atoms with Gasteiger partial charge in [0.05, 0.1) is 12.1 Å². The molecule has 0 aliphatic carbocycles. The smallest absolute Gasteiger partial charge is 0.226 e. The zero-order valence-electron chi connectivity index (χ0n) is 10.8. The van der Waals surface area contributed by atoms with Gasteiger partial charge in [-0.15, -0.1) is 0 Å². The van der Waals surface area contributed by atoms with E-state index in [1.165, 1.54) is 0 Å². The Morgan fingerprint density at radius 1 is 1.53 bits per heavy atom. The highest BCUT2D eigenvalue weighted by Crippen LogP contribution is 2.21. The molecule has 0 radical (unpaired) electrons. The number of β-amino-alcohol motifs (C(OH)–C–C–N with tert-alkyl or cyclic N) is 1. The van der Waals surface area contributed by atoms with E-state index in [4.69, 9.17) is 4.52 Å². The molecule has 2 rings (SSSR count). The summed E-state index contributed by atoms with van der Waals surface area (Å²) in [5.74, 6) is 1.95. The maximum absolute atomic E-state index is 9.86. The van der Waals surface area contributed by atoms with Crippen LogP contribution in [0.15, 0.2) is 4.52 Å². The number of hydrogen-bond donors (Lipinski definition) is 1. The highest BCUT2D eigenvalue weighted by molar-refractivity contribution is 4.92. The van der Waals surface area contributed by atoms with Gasteiger partial charge in [-0.3, -0.25) is 4.90 Å². The molecule has 0 amide bonds. The van der Waals surface area contributed by atoms with Gasteiger partial charge in [0.25, 0.3) is 0 Å². The maximum Gasteiger partial charge on any atom is 0.226 e. The lowest BCUT2D eigenvalue weighted by Crippen LogP contribution is -2.29. The summed E-state index contributed by atoms with van der Waals surface area (Å²) in [5, 5.41) is 13.8. The first kappa shape index (κ1) is 12.5. The quantitative estimate of drug-likeness (QED) is 0.856. The molecule has 0 aromatic carbocycles. The third kappa shape index (κ3) is 3.51. The number of aliphatic hydroxyl groups is 1. The Labute approximate surface area is 102 Å². The molecular weight excluding hydrogens is 218 g/mol. The van der Waals surface area contributed by atoms with Crippen molar-refractivity contribution in [2.45, 2.75) is 45.8 Å². The summed E-state index contributed by atoms with van der Waals surface area (Å²) >= 11 is 0. The van der Waals surface area contributed by atoms with Gasteiger partial charge in [-0.25, -0.2) is 0 Å². The van der Waals surface area contributed by atoms with Gasteiger partial charge >= 0.3 is 0 Å². The van der Waals surface area contributed by atoms with Crippen molar-refractivity contribution in [3.05, 3.63) is 11.7 Å². The Bertz CT molecular complexity index is 374. The summed E-state index contributed by atoms with van der Waals surface area (Å²) < 4.78 is 5.19. The lowest BCUT2D eigenvalue weighted by Gasteiger charge is -2.16. The van der Waals surface area contributed by atoms with Crippen LogP contribution in [-0.4, -0.2) is 38.8 Å². The summed E-state index contributed by atoms with van der Waals surface area (Å²) in [6.07, 6.45) is 1.63. The lowest BCUT2D eigenvalue weighted by atomic mass is 10.1. The highest BCUT2D eigenvalue weighted by atomic mass is 16.5. The summed E-state index contributed by atoms with van der Waals surface area (Å²) in [7, 11) is 0. The molecule has 5 nitrogen and oxygen atoms in total. The molecule has 0 saturated carbocycles. The topological polar surface area (TPSA) is 62.4 Å². The van der Waals surface area contributed by atoms with Crippen LogP contribution in [0.1, 0.15) is 38.9 Å². The number of rotatable bonds is 4. The molecule has 17 heavy (non-hydrogen) atoms.